The number of rotatable bonds is 3. The van der Waals surface area contributed by atoms with Crippen LogP contribution in [0.25, 0.3) is 0 Å². The van der Waals surface area contributed by atoms with Gasteiger partial charge in [-0.15, -0.1) is 0 Å². The van der Waals surface area contributed by atoms with Gasteiger partial charge in [0.1, 0.15) is 12.4 Å². The zero-order chi connectivity index (χ0) is 13.2. The Balaban J connectivity index is 1.72. The molecule has 0 amide bonds. The number of fused-ring (bicyclic) bond motifs is 1. The number of nitrogen functional groups attached to an aromatic ring is 1. The maximum atomic E-state index is 5.78. The molecule has 4 nitrogen and oxygen atoms in total. The molecule has 0 radical (unpaired) electrons. The SMILES string of the molecule is Nc1cc(Br)cc(COc2ccc3c(c2)OCO3)c1. The molecule has 0 atom stereocenters. The molecule has 0 unspecified atom stereocenters. The summed E-state index contributed by atoms with van der Waals surface area (Å²) in [5.74, 6) is 2.20. The smallest absolute Gasteiger partial charge is 0.231 e. The second kappa shape index (κ2) is 5.01. The summed E-state index contributed by atoms with van der Waals surface area (Å²) >= 11 is 3.41. The number of halogens is 1. The highest BCUT2D eigenvalue weighted by atomic mass is 79.9. The Hall–Kier alpha value is -1.88. The minimum Gasteiger partial charge on any atom is -0.489 e. The lowest BCUT2D eigenvalue weighted by atomic mass is 10.2. The number of hydrogen-bond acceptors (Lipinski definition) is 4. The van der Waals surface area contributed by atoms with E-state index in [0.29, 0.717) is 18.0 Å². The number of hydrogen-bond donors (Lipinski definition) is 1. The van der Waals surface area contributed by atoms with Crippen LogP contribution in [0.3, 0.4) is 0 Å². The average molecular weight is 322 g/mol. The zero-order valence-corrected chi connectivity index (χ0v) is 11.6. The fraction of sp³-hybridized carbons (Fsp3) is 0.143. The molecule has 0 fully saturated rings. The van der Waals surface area contributed by atoms with Crippen LogP contribution in [0.4, 0.5) is 5.69 Å². The molecule has 1 aliphatic rings. The van der Waals surface area contributed by atoms with Crippen molar-refractivity contribution in [1.29, 1.82) is 0 Å². The molecule has 5 heteroatoms. The van der Waals surface area contributed by atoms with Gasteiger partial charge in [-0.05, 0) is 35.9 Å². The van der Waals surface area contributed by atoms with E-state index < -0.39 is 0 Å². The summed E-state index contributed by atoms with van der Waals surface area (Å²) in [5, 5.41) is 0. The van der Waals surface area contributed by atoms with Crippen LogP contribution in [0, 0.1) is 0 Å². The van der Waals surface area contributed by atoms with Gasteiger partial charge in [-0.2, -0.15) is 0 Å². The fourth-order valence-corrected chi connectivity index (χ4v) is 2.45. The quantitative estimate of drug-likeness (QED) is 0.881. The molecule has 2 N–H and O–H groups in total. The first-order valence-corrected chi connectivity index (χ1v) is 6.57. The lowest BCUT2D eigenvalue weighted by Gasteiger charge is -2.08. The van der Waals surface area contributed by atoms with Crippen molar-refractivity contribution in [2.75, 3.05) is 12.5 Å². The van der Waals surface area contributed by atoms with Gasteiger partial charge in [-0.3, -0.25) is 0 Å². The summed E-state index contributed by atoms with van der Waals surface area (Å²) in [7, 11) is 0. The monoisotopic (exact) mass is 321 g/mol. The van der Waals surface area contributed by atoms with Crippen molar-refractivity contribution in [1.82, 2.24) is 0 Å². The Bertz CT molecular complexity index is 595. The molecule has 0 aliphatic carbocycles. The van der Waals surface area contributed by atoms with Crippen molar-refractivity contribution < 1.29 is 14.2 Å². The van der Waals surface area contributed by atoms with Crippen molar-refractivity contribution in [2.24, 2.45) is 0 Å². The molecule has 2 aromatic rings. The van der Waals surface area contributed by atoms with E-state index in [1.807, 2.05) is 36.4 Å². The normalized spacial score (nSPS) is 12.5. The number of ether oxygens (including phenoxy) is 3. The third-order valence-electron chi connectivity index (χ3n) is 2.73. The van der Waals surface area contributed by atoms with Crippen LogP contribution in [0.15, 0.2) is 40.9 Å². The highest BCUT2D eigenvalue weighted by Gasteiger charge is 2.13. The van der Waals surface area contributed by atoms with Crippen LogP contribution in [0.5, 0.6) is 17.2 Å². The van der Waals surface area contributed by atoms with Crippen LogP contribution >= 0.6 is 15.9 Å². The second-order valence-electron chi connectivity index (χ2n) is 4.20. The Morgan fingerprint density at radius 3 is 2.79 bits per heavy atom. The van der Waals surface area contributed by atoms with Gasteiger partial charge in [0.2, 0.25) is 6.79 Å². The second-order valence-corrected chi connectivity index (χ2v) is 5.11. The van der Waals surface area contributed by atoms with Gasteiger partial charge in [0.15, 0.2) is 11.5 Å². The first kappa shape index (κ1) is 12.2. The molecule has 0 saturated heterocycles. The summed E-state index contributed by atoms with van der Waals surface area (Å²) in [6.45, 7) is 0.713. The van der Waals surface area contributed by atoms with Crippen LogP contribution in [0.1, 0.15) is 5.56 Å². The largest absolute Gasteiger partial charge is 0.489 e. The molecular formula is C14H12BrNO3. The molecule has 1 aliphatic heterocycles. The van der Waals surface area contributed by atoms with Crippen molar-refractivity contribution in [3.63, 3.8) is 0 Å². The molecule has 0 spiro atoms. The van der Waals surface area contributed by atoms with E-state index in [4.69, 9.17) is 19.9 Å². The molecular weight excluding hydrogens is 310 g/mol. The predicted octanol–water partition coefficient (Wildman–Crippen LogP) is 3.34. The number of benzene rings is 2. The highest BCUT2D eigenvalue weighted by Crippen LogP contribution is 2.35. The molecule has 3 rings (SSSR count). The predicted molar refractivity (Wildman–Crippen MR) is 75.5 cm³/mol. The third kappa shape index (κ3) is 2.76. The van der Waals surface area contributed by atoms with E-state index in [1.165, 1.54) is 0 Å². The van der Waals surface area contributed by atoms with E-state index in [9.17, 15) is 0 Å². The summed E-state index contributed by atoms with van der Waals surface area (Å²) < 4.78 is 17.2. The zero-order valence-electron chi connectivity index (χ0n) is 10.1. The van der Waals surface area contributed by atoms with Crippen LogP contribution in [-0.2, 0) is 6.61 Å². The van der Waals surface area contributed by atoms with Crippen molar-refractivity contribution in [3.8, 4) is 17.2 Å². The summed E-state index contributed by atoms with van der Waals surface area (Å²) in [6, 6.07) is 11.2. The summed E-state index contributed by atoms with van der Waals surface area (Å²) in [4.78, 5) is 0. The summed E-state index contributed by atoms with van der Waals surface area (Å²) in [6.07, 6.45) is 0. The van der Waals surface area contributed by atoms with E-state index in [0.717, 1.165) is 21.5 Å². The maximum Gasteiger partial charge on any atom is 0.231 e. The lowest BCUT2D eigenvalue weighted by Crippen LogP contribution is -1.97. The van der Waals surface area contributed by atoms with E-state index in [-0.39, 0.29) is 6.79 Å². The van der Waals surface area contributed by atoms with E-state index >= 15 is 0 Å². The van der Waals surface area contributed by atoms with Gasteiger partial charge in [0.05, 0.1) is 0 Å². The number of nitrogens with two attached hydrogens (primary N) is 1. The van der Waals surface area contributed by atoms with Crippen LogP contribution < -0.4 is 19.9 Å². The minimum atomic E-state index is 0.265. The third-order valence-corrected chi connectivity index (χ3v) is 3.19. The Morgan fingerprint density at radius 1 is 1.11 bits per heavy atom. The average Bonchev–Trinajstić information content (AvgIpc) is 2.82. The molecule has 0 saturated carbocycles. The first-order chi connectivity index (χ1) is 9.20. The van der Waals surface area contributed by atoms with Gasteiger partial charge < -0.3 is 19.9 Å². The Labute approximate surface area is 119 Å². The highest BCUT2D eigenvalue weighted by molar-refractivity contribution is 9.10. The van der Waals surface area contributed by atoms with Crippen molar-refractivity contribution in [2.45, 2.75) is 6.61 Å². The van der Waals surface area contributed by atoms with Gasteiger partial charge in [0, 0.05) is 16.2 Å². The standard InChI is InChI=1S/C14H12BrNO3/c15-10-3-9(4-11(16)5-10)7-17-12-1-2-13-14(6-12)19-8-18-13/h1-6H,7-8,16H2. The maximum absolute atomic E-state index is 5.78. The van der Waals surface area contributed by atoms with Gasteiger partial charge in [-0.25, -0.2) is 0 Å². The van der Waals surface area contributed by atoms with Gasteiger partial charge in [-0.1, -0.05) is 15.9 Å². The fourth-order valence-electron chi connectivity index (χ4n) is 1.89. The van der Waals surface area contributed by atoms with Gasteiger partial charge in [0.25, 0.3) is 0 Å². The topological polar surface area (TPSA) is 53.7 Å². The van der Waals surface area contributed by atoms with E-state index in [1.54, 1.807) is 0 Å². The Morgan fingerprint density at radius 2 is 1.95 bits per heavy atom. The van der Waals surface area contributed by atoms with E-state index in [2.05, 4.69) is 15.9 Å². The minimum absolute atomic E-state index is 0.265. The van der Waals surface area contributed by atoms with Crippen LogP contribution in [-0.4, -0.2) is 6.79 Å². The first-order valence-electron chi connectivity index (χ1n) is 5.78. The molecule has 98 valence electrons. The molecule has 1 heterocycles. The van der Waals surface area contributed by atoms with Crippen molar-refractivity contribution in [3.05, 3.63) is 46.4 Å². The van der Waals surface area contributed by atoms with Crippen molar-refractivity contribution >= 4 is 21.6 Å². The van der Waals surface area contributed by atoms with Crippen LogP contribution in [0.2, 0.25) is 0 Å². The summed E-state index contributed by atoms with van der Waals surface area (Å²) in [5.41, 5.74) is 7.49. The molecule has 2 aromatic carbocycles. The number of anilines is 1. The molecule has 0 aromatic heterocycles. The lowest BCUT2D eigenvalue weighted by molar-refractivity contribution is 0.173. The Kier molecular flexibility index (Phi) is 3.21. The molecule has 0 bridgehead atoms. The molecule has 19 heavy (non-hydrogen) atoms. The van der Waals surface area contributed by atoms with Gasteiger partial charge >= 0.3 is 0 Å².